The number of nitrogens with one attached hydrogen (secondary N) is 1. The fourth-order valence-electron chi connectivity index (χ4n) is 1.89. The van der Waals surface area contributed by atoms with Gasteiger partial charge in [-0.25, -0.2) is 4.98 Å². The maximum Gasteiger partial charge on any atom is 0.274 e. The minimum atomic E-state index is -0.228. The average molecular weight is 293 g/mol. The Bertz CT molecular complexity index is 636. The molecule has 0 aliphatic heterocycles. The molecular weight excluding hydrogens is 276 g/mol. The summed E-state index contributed by atoms with van der Waals surface area (Å²) in [5.41, 5.74) is 2.87. The van der Waals surface area contributed by atoms with Gasteiger partial charge in [-0.1, -0.05) is 18.5 Å². The Morgan fingerprint density at radius 1 is 1.40 bits per heavy atom. The Balaban J connectivity index is 2.28. The van der Waals surface area contributed by atoms with E-state index in [0.29, 0.717) is 17.9 Å². The van der Waals surface area contributed by atoms with E-state index in [1.165, 1.54) is 0 Å². The Morgan fingerprint density at radius 2 is 2.15 bits per heavy atom. The normalized spacial score (nSPS) is 10.6. The van der Waals surface area contributed by atoms with Gasteiger partial charge in [-0.2, -0.15) is 5.10 Å². The topological polar surface area (TPSA) is 59.8 Å². The lowest BCUT2D eigenvalue weighted by molar-refractivity contribution is 0.101. The van der Waals surface area contributed by atoms with Crippen LogP contribution in [-0.2, 0) is 13.0 Å². The predicted octanol–water partition coefficient (Wildman–Crippen LogP) is 3.07. The van der Waals surface area contributed by atoms with E-state index in [9.17, 15) is 4.79 Å². The average Bonchev–Trinajstić information content (AvgIpc) is 2.86. The molecule has 1 amide bonds. The van der Waals surface area contributed by atoms with Crippen molar-refractivity contribution >= 4 is 23.2 Å². The van der Waals surface area contributed by atoms with E-state index in [1.807, 2.05) is 20.8 Å². The van der Waals surface area contributed by atoms with Gasteiger partial charge in [-0.3, -0.25) is 9.48 Å². The number of rotatable bonds is 4. The smallest absolute Gasteiger partial charge is 0.274 e. The molecule has 0 aliphatic carbocycles. The highest BCUT2D eigenvalue weighted by molar-refractivity contribution is 6.32. The minimum absolute atomic E-state index is 0.228. The Labute approximate surface area is 123 Å². The van der Waals surface area contributed by atoms with E-state index in [0.717, 1.165) is 17.7 Å². The minimum Gasteiger partial charge on any atom is -0.318 e. The van der Waals surface area contributed by atoms with Crippen LogP contribution >= 0.6 is 11.6 Å². The van der Waals surface area contributed by atoms with Crippen LogP contribution in [0.1, 0.15) is 35.6 Å². The Hall–Kier alpha value is -1.88. The van der Waals surface area contributed by atoms with Gasteiger partial charge in [-0.15, -0.1) is 0 Å². The molecule has 0 bridgehead atoms. The fourth-order valence-corrected chi connectivity index (χ4v) is 2.04. The molecule has 2 rings (SSSR count). The van der Waals surface area contributed by atoms with Crippen LogP contribution in [0, 0.1) is 6.92 Å². The first-order valence-electron chi connectivity index (χ1n) is 6.55. The van der Waals surface area contributed by atoms with Crippen LogP contribution in [0.3, 0.4) is 0 Å². The molecule has 0 atom stereocenters. The van der Waals surface area contributed by atoms with E-state index in [1.54, 1.807) is 23.0 Å². The van der Waals surface area contributed by atoms with Gasteiger partial charge >= 0.3 is 0 Å². The van der Waals surface area contributed by atoms with Gasteiger partial charge in [-0.05, 0) is 38.0 Å². The summed E-state index contributed by atoms with van der Waals surface area (Å²) in [7, 11) is 0. The first kappa shape index (κ1) is 14.5. The number of aryl methyl sites for hydroxylation is 3. The lowest BCUT2D eigenvalue weighted by Crippen LogP contribution is -2.17. The summed E-state index contributed by atoms with van der Waals surface area (Å²) in [4.78, 5) is 16.3. The van der Waals surface area contributed by atoms with Gasteiger partial charge in [0.25, 0.3) is 5.91 Å². The van der Waals surface area contributed by atoms with Crippen molar-refractivity contribution in [3.63, 3.8) is 0 Å². The van der Waals surface area contributed by atoms with Gasteiger partial charge in [0.15, 0.2) is 5.15 Å². The zero-order chi connectivity index (χ0) is 14.7. The quantitative estimate of drug-likeness (QED) is 0.881. The van der Waals surface area contributed by atoms with Gasteiger partial charge in [0.05, 0.1) is 11.4 Å². The number of halogens is 1. The summed E-state index contributed by atoms with van der Waals surface area (Å²) >= 11 is 5.99. The maximum absolute atomic E-state index is 12.3. The maximum atomic E-state index is 12.3. The molecular formula is C14H17ClN4O. The molecule has 0 aliphatic rings. The molecule has 0 saturated carbocycles. The highest BCUT2D eigenvalue weighted by Gasteiger charge is 2.15. The number of amides is 1. The summed E-state index contributed by atoms with van der Waals surface area (Å²) in [5.74, 6) is -0.228. The first-order chi connectivity index (χ1) is 9.55. The van der Waals surface area contributed by atoms with Crippen molar-refractivity contribution in [1.82, 2.24) is 14.8 Å². The van der Waals surface area contributed by atoms with E-state index in [-0.39, 0.29) is 11.1 Å². The van der Waals surface area contributed by atoms with Crippen molar-refractivity contribution in [1.29, 1.82) is 0 Å². The molecule has 5 nitrogen and oxygen atoms in total. The SMILES string of the molecule is CCc1cc(C(=O)Nc2cc(C)cnc2Cl)n(CC)n1. The third kappa shape index (κ3) is 2.99. The van der Waals surface area contributed by atoms with Crippen molar-refractivity contribution in [3.05, 3.63) is 40.4 Å². The number of aromatic nitrogens is 3. The second kappa shape index (κ2) is 6.05. The summed E-state index contributed by atoms with van der Waals surface area (Å²) in [6.07, 6.45) is 2.45. The highest BCUT2D eigenvalue weighted by Crippen LogP contribution is 2.20. The van der Waals surface area contributed by atoms with Crippen molar-refractivity contribution in [2.45, 2.75) is 33.7 Å². The number of anilines is 1. The molecule has 0 fully saturated rings. The second-order valence-electron chi connectivity index (χ2n) is 4.50. The Morgan fingerprint density at radius 3 is 2.80 bits per heavy atom. The van der Waals surface area contributed by atoms with Gasteiger partial charge < -0.3 is 5.32 Å². The second-order valence-corrected chi connectivity index (χ2v) is 4.85. The number of hydrogen-bond acceptors (Lipinski definition) is 3. The number of nitrogens with zero attached hydrogens (tertiary/aromatic N) is 3. The van der Waals surface area contributed by atoms with Crippen molar-refractivity contribution in [3.8, 4) is 0 Å². The third-order valence-electron chi connectivity index (χ3n) is 2.95. The number of carbonyl (C=O) groups is 1. The molecule has 2 heterocycles. The molecule has 0 spiro atoms. The lowest BCUT2D eigenvalue weighted by Gasteiger charge is -2.08. The standard InChI is InChI=1S/C14H17ClN4O/c1-4-10-7-12(19(5-2)18-10)14(20)17-11-6-9(3)8-16-13(11)15/h6-8H,4-5H2,1-3H3,(H,17,20). The van der Waals surface area contributed by atoms with Gasteiger partial charge in [0, 0.05) is 12.7 Å². The number of pyridine rings is 1. The predicted molar refractivity (Wildman–Crippen MR) is 79.2 cm³/mol. The van der Waals surface area contributed by atoms with Crippen LogP contribution in [0.25, 0.3) is 0 Å². The molecule has 106 valence electrons. The largest absolute Gasteiger partial charge is 0.318 e. The first-order valence-corrected chi connectivity index (χ1v) is 6.93. The number of carbonyl (C=O) groups excluding carboxylic acids is 1. The summed E-state index contributed by atoms with van der Waals surface area (Å²) < 4.78 is 1.69. The Kier molecular flexibility index (Phi) is 4.39. The van der Waals surface area contributed by atoms with Gasteiger partial charge in [0.1, 0.15) is 5.69 Å². The van der Waals surface area contributed by atoms with Crippen LogP contribution in [-0.4, -0.2) is 20.7 Å². The molecule has 0 aromatic carbocycles. The van der Waals surface area contributed by atoms with Gasteiger partial charge in [0.2, 0.25) is 0 Å². The van der Waals surface area contributed by atoms with Crippen LogP contribution in [0.15, 0.2) is 18.3 Å². The van der Waals surface area contributed by atoms with Crippen LogP contribution in [0.5, 0.6) is 0 Å². The molecule has 6 heteroatoms. The summed E-state index contributed by atoms with van der Waals surface area (Å²) in [6.45, 7) is 6.49. The zero-order valence-corrected chi connectivity index (χ0v) is 12.5. The van der Waals surface area contributed by atoms with Crippen LogP contribution < -0.4 is 5.32 Å². The highest BCUT2D eigenvalue weighted by atomic mass is 35.5. The summed E-state index contributed by atoms with van der Waals surface area (Å²) in [5, 5.41) is 7.42. The van der Waals surface area contributed by atoms with Crippen LogP contribution in [0.2, 0.25) is 5.15 Å². The molecule has 0 saturated heterocycles. The van der Waals surface area contributed by atoms with E-state index in [2.05, 4.69) is 15.4 Å². The van der Waals surface area contributed by atoms with Crippen molar-refractivity contribution in [2.75, 3.05) is 5.32 Å². The van der Waals surface area contributed by atoms with Crippen molar-refractivity contribution < 1.29 is 4.79 Å². The monoisotopic (exact) mass is 292 g/mol. The molecule has 2 aromatic heterocycles. The van der Waals surface area contributed by atoms with E-state index >= 15 is 0 Å². The van der Waals surface area contributed by atoms with Crippen LogP contribution in [0.4, 0.5) is 5.69 Å². The fraction of sp³-hybridized carbons (Fsp3) is 0.357. The molecule has 2 aromatic rings. The van der Waals surface area contributed by atoms with Crippen molar-refractivity contribution in [2.24, 2.45) is 0 Å². The lowest BCUT2D eigenvalue weighted by atomic mass is 10.2. The molecule has 1 N–H and O–H groups in total. The molecule has 20 heavy (non-hydrogen) atoms. The van der Waals surface area contributed by atoms with E-state index < -0.39 is 0 Å². The summed E-state index contributed by atoms with van der Waals surface area (Å²) in [6, 6.07) is 3.59. The third-order valence-corrected chi connectivity index (χ3v) is 3.25. The number of hydrogen-bond donors (Lipinski definition) is 1. The van der Waals surface area contributed by atoms with E-state index in [4.69, 9.17) is 11.6 Å². The zero-order valence-electron chi connectivity index (χ0n) is 11.8. The molecule has 0 radical (unpaired) electrons. The molecule has 0 unspecified atom stereocenters.